The minimum Gasteiger partial charge on any atom is -0.378 e. The molecule has 3 heterocycles. The van der Waals surface area contributed by atoms with Crippen LogP contribution in [0.25, 0.3) is 5.52 Å². The molecule has 0 bridgehead atoms. The summed E-state index contributed by atoms with van der Waals surface area (Å²) in [7, 11) is 0. The minimum atomic E-state index is -0.316. The highest BCUT2D eigenvalue weighted by atomic mass is 16.5. The highest BCUT2D eigenvalue weighted by molar-refractivity contribution is 6.02. The number of nitrogens with zero attached hydrogens (tertiary/aromatic N) is 3. The number of imidazole rings is 1. The van der Waals surface area contributed by atoms with Gasteiger partial charge in [-0.1, -0.05) is 35.9 Å². The van der Waals surface area contributed by atoms with Gasteiger partial charge in [0.2, 0.25) is 5.82 Å². The van der Waals surface area contributed by atoms with Gasteiger partial charge in [0.15, 0.2) is 5.69 Å². The molecule has 3 aromatic rings. The lowest BCUT2D eigenvalue weighted by molar-refractivity contribution is 0.0300. The maximum atomic E-state index is 12.9. The Hall–Kier alpha value is -3.19. The predicted octanol–water partition coefficient (Wildman–Crippen LogP) is 2.05. The van der Waals surface area contributed by atoms with Crippen molar-refractivity contribution in [3.8, 4) is 0 Å². The number of rotatable bonds is 4. The molecule has 28 heavy (non-hydrogen) atoms. The first-order valence-corrected chi connectivity index (χ1v) is 9.31. The summed E-state index contributed by atoms with van der Waals surface area (Å²) in [5.41, 5.74) is 3.07. The Labute approximate surface area is 162 Å². The summed E-state index contributed by atoms with van der Waals surface area (Å²) in [6.07, 6.45) is 1.75. The van der Waals surface area contributed by atoms with E-state index >= 15 is 0 Å². The SMILES string of the molecule is Cc1cccc(CNC(=O)c2nc(C(=O)N3CCOCC3)c3ccccn23)c1. The number of hydrogen-bond acceptors (Lipinski definition) is 4. The van der Waals surface area contributed by atoms with Crippen LogP contribution in [0.5, 0.6) is 0 Å². The summed E-state index contributed by atoms with van der Waals surface area (Å²) in [6.45, 7) is 4.49. The van der Waals surface area contributed by atoms with E-state index in [-0.39, 0.29) is 17.6 Å². The van der Waals surface area contributed by atoms with Crippen molar-refractivity contribution in [2.24, 2.45) is 0 Å². The molecule has 4 rings (SSSR count). The number of aromatic nitrogens is 2. The quantitative estimate of drug-likeness (QED) is 0.754. The number of fused-ring (bicyclic) bond motifs is 1. The second-order valence-electron chi connectivity index (χ2n) is 6.82. The van der Waals surface area contributed by atoms with Crippen molar-refractivity contribution in [2.45, 2.75) is 13.5 Å². The zero-order valence-corrected chi connectivity index (χ0v) is 15.7. The van der Waals surface area contributed by atoms with Gasteiger partial charge in [0.1, 0.15) is 0 Å². The van der Waals surface area contributed by atoms with Crippen LogP contribution in [0.15, 0.2) is 48.7 Å². The Morgan fingerprint density at radius 3 is 2.75 bits per heavy atom. The number of carbonyl (C=O) groups is 2. The minimum absolute atomic E-state index is 0.176. The van der Waals surface area contributed by atoms with Crippen LogP contribution < -0.4 is 5.32 Å². The Morgan fingerprint density at radius 2 is 1.96 bits per heavy atom. The van der Waals surface area contributed by atoms with E-state index in [1.165, 1.54) is 0 Å². The zero-order valence-electron chi connectivity index (χ0n) is 15.7. The van der Waals surface area contributed by atoms with E-state index in [1.54, 1.807) is 21.6 Å². The highest BCUT2D eigenvalue weighted by Crippen LogP contribution is 2.16. The van der Waals surface area contributed by atoms with E-state index in [0.29, 0.717) is 44.1 Å². The van der Waals surface area contributed by atoms with Gasteiger partial charge in [0, 0.05) is 25.8 Å². The summed E-state index contributed by atoms with van der Waals surface area (Å²) in [6, 6.07) is 13.4. The molecule has 0 atom stereocenters. The number of benzene rings is 1. The molecule has 7 nitrogen and oxygen atoms in total. The lowest BCUT2D eigenvalue weighted by Crippen LogP contribution is -2.41. The summed E-state index contributed by atoms with van der Waals surface area (Å²) < 4.78 is 6.98. The molecule has 0 spiro atoms. The molecule has 2 amide bonds. The van der Waals surface area contributed by atoms with Crippen molar-refractivity contribution in [1.29, 1.82) is 0 Å². The number of pyridine rings is 1. The lowest BCUT2D eigenvalue weighted by atomic mass is 10.1. The number of amides is 2. The molecule has 0 unspecified atom stereocenters. The Morgan fingerprint density at radius 1 is 1.14 bits per heavy atom. The second-order valence-corrected chi connectivity index (χ2v) is 6.82. The van der Waals surface area contributed by atoms with Gasteiger partial charge in [-0.3, -0.25) is 14.0 Å². The molecule has 1 fully saturated rings. The number of ether oxygens (including phenoxy) is 1. The third-order valence-electron chi connectivity index (χ3n) is 4.79. The van der Waals surface area contributed by atoms with Gasteiger partial charge in [0.05, 0.1) is 18.7 Å². The number of aryl methyl sites for hydroxylation is 1. The maximum Gasteiger partial charge on any atom is 0.287 e. The van der Waals surface area contributed by atoms with E-state index in [2.05, 4.69) is 10.3 Å². The van der Waals surface area contributed by atoms with Crippen molar-refractivity contribution < 1.29 is 14.3 Å². The van der Waals surface area contributed by atoms with E-state index in [9.17, 15) is 9.59 Å². The van der Waals surface area contributed by atoms with Gasteiger partial charge in [-0.05, 0) is 24.6 Å². The van der Waals surface area contributed by atoms with Crippen LogP contribution >= 0.6 is 0 Å². The lowest BCUT2D eigenvalue weighted by Gasteiger charge is -2.26. The van der Waals surface area contributed by atoms with Crippen LogP contribution in [0.3, 0.4) is 0 Å². The van der Waals surface area contributed by atoms with Crippen LogP contribution in [0.1, 0.15) is 32.2 Å². The highest BCUT2D eigenvalue weighted by Gasteiger charge is 2.26. The fourth-order valence-electron chi connectivity index (χ4n) is 3.36. The largest absolute Gasteiger partial charge is 0.378 e. The van der Waals surface area contributed by atoms with Crippen molar-refractivity contribution in [3.05, 3.63) is 71.3 Å². The molecule has 0 saturated carbocycles. The van der Waals surface area contributed by atoms with Gasteiger partial charge in [0.25, 0.3) is 11.8 Å². The molecule has 1 saturated heterocycles. The molecule has 1 aromatic carbocycles. The number of nitrogens with one attached hydrogen (secondary N) is 1. The molecule has 1 N–H and O–H groups in total. The van der Waals surface area contributed by atoms with E-state index in [0.717, 1.165) is 11.1 Å². The molecular weight excluding hydrogens is 356 g/mol. The van der Waals surface area contributed by atoms with Crippen LogP contribution in [-0.2, 0) is 11.3 Å². The van der Waals surface area contributed by atoms with Gasteiger partial charge < -0.3 is 15.0 Å². The first-order valence-electron chi connectivity index (χ1n) is 9.31. The molecule has 2 aromatic heterocycles. The normalized spacial score (nSPS) is 14.2. The van der Waals surface area contributed by atoms with Gasteiger partial charge >= 0.3 is 0 Å². The predicted molar refractivity (Wildman–Crippen MR) is 104 cm³/mol. The molecule has 144 valence electrons. The summed E-state index contributed by atoms with van der Waals surface area (Å²) >= 11 is 0. The topological polar surface area (TPSA) is 75.9 Å². The number of hydrogen-bond donors (Lipinski definition) is 1. The average molecular weight is 378 g/mol. The molecule has 0 radical (unpaired) electrons. The van der Waals surface area contributed by atoms with Crippen molar-refractivity contribution in [3.63, 3.8) is 0 Å². The smallest absolute Gasteiger partial charge is 0.287 e. The van der Waals surface area contributed by atoms with Crippen LogP contribution in [0.2, 0.25) is 0 Å². The molecule has 1 aliphatic rings. The third-order valence-corrected chi connectivity index (χ3v) is 4.79. The first kappa shape index (κ1) is 18.2. The second kappa shape index (κ2) is 7.82. The first-order chi connectivity index (χ1) is 13.6. The molecule has 7 heteroatoms. The molecule has 1 aliphatic heterocycles. The zero-order chi connectivity index (χ0) is 19.5. The van der Waals surface area contributed by atoms with Crippen LogP contribution in [-0.4, -0.2) is 52.4 Å². The Balaban J connectivity index is 1.60. The maximum absolute atomic E-state index is 12.9. The van der Waals surface area contributed by atoms with E-state index in [1.807, 2.05) is 43.3 Å². The fourth-order valence-corrected chi connectivity index (χ4v) is 3.36. The molecular formula is C21H22N4O3. The van der Waals surface area contributed by atoms with Crippen LogP contribution in [0, 0.1) is 6.92 Å². The summed E-state index contributed by atoms with van der Waals surface area (Å²) in [4.78, 5) is 31.8. The molecule has 0 aliphatic carbocycles. The summed E-state index contributed by atoms with van der Waals surface area (Å²) in [5, 5.41) is 2.90. The van der Waals surface area contributed by atoms with Gasteiger partial charge in [-0.15, -0.1) is 0 Å². The Bertz CT molecular complexity index is 1020. The van der Waals surface area contributed by atoms with E-state index in [4.69, 9.17) is 4.74 Å². The third kappa shape index (κ3) is 3.61. The Kier molecular flexibility index (Phi) is 5.08. The van der Waals surface area contributed by atoms with Crippen molar-refractivity contribution in [1.82, 2.24) is 19.6 Å². The fraction of sp³-hybridized carbons (Fsp3) is 0.286. The van der Waals surface area contributed by atoms with Crippen molar-refractivity contribution in [2.75, 3.05) is 26.3 Å². The van der Waals surface area contributed by atoms with E-state index < -0.39 is 0 Å². The van der Waals surface area contributed by atoms with Crippen molar-refractivity contribution >= 4 is 17.3 Å². The van der Waals surface area contributed by atoms with Gasteiger partial charge in [-0.2, -0.15) is 0 Å². The van der Waals surface area contributed by atoms with Crippen LogP contribution in [0.4, 0.5) is 0 Å². The van der Waals surface area contributed by atoms with Gasteiger partial charge in [-0.25, -0.2) is 4.98 Å². The standard InChI is InChI=1S/C21H22N4O3/c1-15-5-4-6-16(13-15)14-22-20(26)19-23-18(17-7-2-3-8-25(17)19)21(27)24-9-11-28-12-10-24/h2-8,13H,9-12,14H2,1H3,(H,22,26). The average Bonchev–Trinajstić information content (AvgIpc) is 3.12. The number of morpholine rings is 1. The summed E-state index contributed by atoms with van der Waals surface area (Å²) in [5.74, 6) is -0.284. The number of carbonyl (C=O) groups excluding carboxylic acids is 2. The monoisotopic (exact) mass is 378 g/mol.